The van der Waals surface area contributed by atoms with E-state index in [0.29, 0.717) is 23.7 Å². The van der Waals surface area contributed by atoms with Crippen LogP contribution in [0, 0.1) is 0 Å². The quantitative estimate of drug-likeness (QED) is 0.104. The number of para-hydroxylation sites is 2. The van der Waals surface area contributed by atoms with Crippen molar-refractivity contribution in [2.24, 2.45) is 0 Å². The summed E-state index contributed by atoms with van der Waals surface area (Å²) in [6, 6.07) is 14.9. The molecule has 2 rings (SSSR count). The van der Waals surface area contributed by atoms with Crippen LogP contribution in [0.2, 0.25) is 0 Å². The van der Waals surface area contributed by atoms with Crippen LogP contribution in [-0.4, -0.2) is 19.2 Å². The molecule has 0 saturated heterocycles. The zero-order valence-electron chi connectivity index (χ0n) is 22.9. The molecule has 2 aromatic carbocycles. The Morgan fingerprint density at radius 1 is 0.667 bits per heavy atom. The summed E-state index contributed by atoms with van der Waals surface area (Å²) in [5, 5.41) is 0. The SMILES string of the molecule is CCCCCCCCCOC(C)c1ccc(C(=O)Oc2ccccc2OCCCCCCCC)cc1. The number of carbonyl (C=O) groups is 1. The molecule has 0 aliphatic heterocycles. The smallest absolute Gasteiger partial charge is 0.343 e. The molecule has 0 fully saturated rings. The molecule has 0 aliphatic rings. The van der Waals surface area contributed by atoms with Crippen molar-refractivity contribution in [1.29, 1.82) is 0 Å². The standard InChI is InChI=1S/C32H48O4/c1-4-6-8-10-12-14-17-25-34-27(3)28-21-23-29(24-22-28)32(33)36-31-20-16-15-19-30(31)35-26-18-13-11-9-7-5-2/h15-16,19-24,27H,4-14,17-18,25-26H2,1-3H3. The van der Waals surface area contributed by atoms with Crippen molar-refractivity contribution in [3.8, 4) is 11.5 Å². The fraction of sp³-hybridized carbons (Fsp3) is 0.594. The van der Waals surface area contributed by atoms with Gasteiger partial charge in [-0.15, -0.1) is 0 Å². The van der Waals surface area contributed by atoms with Gasteiger partial charge in [-0.25, -0.2) is 4.79 Å². The second-order valence-electron chi connectivity index (χ2n) is 9.71. The van der Waals surface area contributed by atoms with Gasteiger partial charge in [0.2, 0.25) is 0 Å². The number of hydrogen-bond donors (Lipinski definition) is 0. The van der Waals surface area contributed by atoms with E-state index in [2.05, 4.69) is 20.8 Å². The summed E-state index contributed by atoms with van der Waals surface area (Å²) in [7, 11) is 0. The van der Waals surface area contributed by atoms with Crippen LogP contribution < -0.4 is 9.47 Å². The first-order valence-corrected chi connectivity index (χ1v) is 14.3. The van der Waals surface area contributed by atoms with Gasteiger partial charge < -0.3 is 14.2 Å². The summed E-state index contributed by atoms with van der Waals surface area (Å²) in [6.07, 6.45) is 16.2. The van der Waals surface area contributed by atoms with Gasteiger partial charge in [0.1, 0.15) is 0 Å². The van der Waals surface area contributed by atoms with Crippen LogP contribution in [0.1, 0.15) is 126 Å². The van der Waals surface area contributed by atoms with Crippen molar-refractivity contribution in [2.45, 2.75) is 110 Å². The summed E-state index contributed by atoms with van der Waals surface area (Å²) in [4.78, 5) is 12.8. The molecule has 0 spiro atoms. The molecular weight excluding hydrogens is 448 g/mol. The van der Waals surface area contributed by atoms with Crippen LogP contribution >= 0.6 is 0 Å². The second-order valence-corrected chi connectivity index (χ2v) is 9.71. The van der Waals surface area contributed by atoms with Gasteiger partial charge in [0.15, 0.2) is 11.5 Å². The molecule has 0 saturated carbocycles. The fourth-order valence-corrected chi connectivity index (χ4v) is 4.18. The number of carbonyl (C=O) groups excluding carboxylic acids is 1. The molecular formula is C32H48O4. The van der Waals surface area contributed by atoms with Crippen molar-refractivity contribution in [3.63, 3.8) is 0 Å². The molecule has 0 heterocycles. The Bertz CT molecular complexity index is 830. The number of ether oxygens (including phenoxy) is 3. The van der Waals surface area contributed by atoms with Gasteiger partial charge >= 0.3 is 5.97 Å². The maximum Gasteiger partial charge on any atom is 0.343 e. The first-order chi connectivity index (χ1) is 17.7. The lowest BCUT2D eigenvalue weighted by atomic mass is 10.1. The molecule has 0 aromatic heterocycles. The third-order valence-corrected chi connectivity index (χ3v) is 6.54. The zero-order chi connectivity index (χ0) is 25.8. The normalized spacial score (nSPS) is 11.9. The van der Waals surface area contributed by atoms with Crippen LogP contribution in [0.4, 0.5) is 0 Å². The van der Waals surface area contributed by atoms with Gasteiger partial charge in [0, 0.05) is 6.61 Å². The zero-order valence-corrected chi connectivity index (χ0v) is 22.9. The number of unbranched alkanes of at least 4 members (excludes halogenated alkanes) is 11. The average Bonchev–Trinajstić information content (AvgIpc) is 2.90. The van der Waals surface area contributed by atoms with E-state index in [1.165, 1.54) is 64.2 Å². The Morgan fingerprint density at radius 3 is 1.81 bits per heavy atom. The monoisotopic (exact) mass is 496 g/mol. The molecule has 0 radical (unpaired) electrons. The van der Waals surface area contributed by atoms with Gasteiger partial charge in [-0.2, -0.15) is 0 Å². The van der Waals surface area contributed by atoms with E-state index in [9.17, 15) is 4.79 Å². The minimum atomic E-state index is -0.381. The summed E-state index contributed by atoms with van der Waals surface area (Å²) < 4.78 is 17.6. The van der Waals surface area contributed by atoms with E-state index in [-0.39, 0.29) is 12.1 Å². The van der Waals surface area contributed by atoms with Gasteiger partial charge in [-0.05, 0) is 49.6 Å². The Hall–Kier alpha value is -2.33. The minimum absolute atomic E-state index is 0.00580. The Kier molecular flexibility index (Phi) is 15.7. The third-order valence-electron chi connectivity index (χ3n) is 6.54. The van der Waals surface area contributed by atoms with Gasteiger partial charge in [-0.1, -0.05) is 109 Å². The lowest BCUT2D eigenvalue weighted by Crippen LogP contribution is -2.10. The Labute approximate surface area is 219 Å². The maximum atomic E-state index is 12.8. The van der Waals surface area contributed by atoms with Gasteiger partial charge in [-0.3, -0.25) is 0 Å². The third kappa shape index (κ3) is 12.1. The highest BCUT2D eigenvalue weighted by Crippen LogP contribution is 2.28. The summed E-state index contributed by atoms with van der Waals surface area (Å²) >= 11 is 0. The summed E-state index contributed by atoms with van der Waals surface area (Å²) in [5.41, 5.74) is 1.58. The van der Waals surface area contributed by atoms with Crippen molar-refractivity contribution >= 4 is 5.97 Å². The highest BCUT2D eigenvalue weighted by atomic mass is 16.6. The lowest BCUT2D eigenvalue weighted by molar-refractivity contribution is 0.0625. The van der Waals surface area contributed by atoms with Crippen molar-refractivity contribution in [2.75, 3.05) is 13.2 Å². The average molecular weight is 497 g/mol. The molecule has 0 N–H and O–H groups in total. The van der Waals surface area contributed by atoms with E-state index >= 15 is 0 Å². The fourth-order valence-electron chi connectivity index (χ4n) is 4.18. The Balaban J connectivity index is 1.74. The minimum Gasteiger partial charge on any atom is -0.490 e. The van der Waals surface area contributed by atoms with E-state index < -0.39 is 0 Å². The van der Waals surface area contributed by atoms with Crippen LogP contribution in [0.25, 0.3) is 0 Å². The molecule has 2 aromatic rings. The lowest BCUT2D eigenvalue weighted by Gasteiger charge is -2.14. The van der Waals surface area contributed by atoms with Gasteiger partial charge in [0.25, 0.3) is 0 Å². The second kappa shape index (κ2) is 18.9. The van der Waals surface area contributed by atoms with Gasteiger partial charge in [0.05, 0.1) is 18.3 Å². The number of esters is 1. The summed E-state index contributed by atoms with van der Waals surface area (Å²) in [6.45, 7) is 7.94. The maximum absolute atomic E-state index is 12.8. The van der Waals surface area contributed by atoms with Crippen LogP contribution in [0.5, 0.6) is 11.5 Å². The van der Waals surface area contributed by atoms with Crippen molar-refractivity contribution in [1.82, 2.24) is 0 Å². The number of benzene rings is 2. The van der Waals surface area contributed by atoms with E-state index in [4.69, 9.17) is 14.2 Å². The number of hydrogen-bond acceptors (Lipinski definition) is 4. The summed E-state index contributed by atoms with van der Waals surface area (Å²) in [5.74, 6) is 0.696. The molecule has 36 heavy (non-hydrogen) atoms. The van der Waals surface area contributed by atoms with E-state index in [1.807, 2.05) is 42.5 Å². The van der Waals surface area contributed by atoms with Crippen LogP contribution in [0.3, 0.4) is 0 Å². The van der Waals surface area contributed by atoms with Crippen LogP contribution in [-0.2, 0) is 4.74 Å². The van der Waals surface area contributed by atoms with Crippen molar-refractivity contribution < 1.29 is 19.0 Å². The molecule has 0 bridgehead atoms. The molecule has 1 unspecified atom stereocenters. The highest BCUT2D eigenvalue weighted by molar-refractivity contribution is 5.91. The molecule has 200 valence electrons. The van der Waals surface area contributed by atoms with Crippen molar-refractivity contribution in [3.05, 3.63) is 59.7 Å². The molecule has 4 nitrogen and oxygen atoms in total. The number of rotatable bonds is 20. The van der Waals surface area contributed by atoms with E-state index in [1.54, 1.807) is 6.07 Å². The molecule has 1 atom stereocenters. The first-order valence-electron chi connectivity index (χ1n) is 14.3. The van der Waals surface area contributed by atoms with E-state index in [0.717, 1.165) is 31.4 Å². The topological polar surface area (TPSA) is 44.8 Å². The predicted octanol–water partition coefficient (Wildman–Crippen LogP) is 9.47. The Morgan fingerprint density at radius 2 is 1.19 bits per heavy atom. The molecule has 4 heteroatoms. The predicted molar refractivity (Wildman–Crippen MR) is 149 cm³/mol. The highest BCUT2D eigenvalue weighted by Gasteiger charge is 2.14. The molecule has 0 aliphatic carbocycles. The molecule has 0 amide bonds. The van der Waals surface area contributed by atoms with Crippen LogP contribution in [0.15, 0.2) is 48.5 Å². The largest absolute Gasteiger partial charge is 0.490 e. The first kappa shape index (κ1) is 29.9.